The minimum atomic E-state index is -3.71. The monoisotopic (exact) mass is 391 g/mol. The minimum Gasteiger partial charge on any atom is -0.452 e. The van der Waals surface area contributed by atoms with Crippen LogP contribution in [0.15, 0.2) is 38.2 Å². The first-order valence-electron chi connectivity index (χ1n) is 6.17. The molecule has 0 saturated carbocycles. The fraction of sp³-hybridized carbons (Fsp3) is 0.286. The van der Waals surface area contributed by atoms with Crippen LogP contribution in [0.3, 0.4) is 0 Å². The molecule has 2 rings (SSSR count). The van der Waals surface area contributed by atoms with Crippen molar-refractivity contribution in [2.24, 2.45) is 0 Å². The Labute approximate surface area is 137 Å². The summed E-state index contributed by atoms with van der Waals surface area (Å²) >= 11 is 8.81. The minimum absolute atomic E-state index is 0.0693. The van der Waals surface area contributed by atoms with Crippen LogP contribution in [0.2, 0.25) is 0 Å². The summed E-state index contributed by atoms with van der Waals surface area (Å²) in [4.78, 5) is 0.0693. The number of hydrogen-bond acceptors (Lipinski definition) is 3. The molecule has 2 aromatic rings. The van der Waals surface area contributed by atoms with E-state index in [1.54, 1.807) is 0 Å². The molecule has 0 aliphatic rings. The summed E-state index contributed by atoms with van der Waals surface area (Å²) < 4.78 is 32.1. The SMILES string of the molecule is Cc1cc(C)cc(N(C)S(=O)(=O)c2cc(CCl)oc2Br)c1. The Morgan fingerprint density at radius 3 is 2.24 bits per heavy atom. The predicted octanol–water partition coefficient (Wildman–Crippen LogP) is 4.22. The summed E-state index contributed by atoms with van der Waals surface area (Å²) in [6, 6.07) is 7.07. The topological polar surface area (TPSA) is 50.5 Å². The van der Waals surface area contributed by atoms with Crippen LogP contribution in [-0.2, 0) is 15.9 Å². The molecule has 0 atom stereocenters. The van der Waals surface area contributed by atoms with Gasteiger partial charge in [-0.25, -0.2) is 8.42 Å². The molecule has 1 aromatic heterocycles. The zero-order chi connectivity index (χ0) is 15.8. The molecule has 0 saturated heterocycles. The molecule has 4 nitrogen and oxygen atoms in total. The van der Waals surface area contributed by atoms with E-state index in [-0.39, 0.29) is 15.4 Å². The third kappa shape index (κ3) is 3.27. The number of alkyl halides is 1. The maximum absolute atomic E-state index is 12.7. The van der Waals surface area contributed by atoms with Crippen molar-refractivity contribution >= 4 is 43.2 Å². The lowest BCUT2D eigenvalue weighted by molar-refractivity contribution is 0.498. The second kappa shape index (κ2) is 6.02. The van der Waals surface area contributed by atoms with Gasteiger partial charge in [0.15, 0.2) is 4.67 Å². The van der Waals surface area contributed by atoms with Crippen molar-refractivity contribution in [2.75, 3.05) is 11.4 Å². The Bertz CT molecular complexity index is 750. The van der Waals surface area contributed by atoms with Crippen LogP contribution in [0.1, 0.15) is 16.9 Å². The molecule has 1 aromatic carbocycles. The zero-order valence-corrected chi connectivity index (χ0v) is 15.0. The first kappa shape index (κ1) is 16.4. The smallest absolute Gasteiger partial charge is 0.268 e. The van der Waals surface area contributed by atoms with Crippen LogP contribution in [0, 0.1) is 13.8 Å². The molecule has 0 N–H and O–H groups in total. The fourth-order valence-corrected chi connectivity index (χ4v) is 4.33. The van der Waals surface area contributed by atoms with Gasteiger partial charge in [0.25, 0.3) is 10.0 Å². The number of nitrogens with zero attached hydrogens (tertiary/aromatic N) is 1. The van der Waals surface area contributed by atoms with Crippen molar-refractivity contribution in [3.05, 3.63) is 45.8 Å². The third-order valence-electron chi connectivity index (χ3n) is 3.05. The van der Waals surface area contributed by atoms with Crippen molar-refractivity contribution in [1.29, 1.82) is 0 Å². The van der Waals surface area contributed by atoms with Gasteiger partial charge < -0.3 is 4.42 Å². The lowest BCUT2D eigenvalue weighted by Gasteiger charge is -2.19. The molecule has 7 heteroatoms. The predicted molar refractivity (Wildman–Crippen MR) is 87.5 cm³/mol. The van der Waals surface area contributed by atoms with Gasteiger partial charge in [-0.05, 0) is 53.0 Å². The number of anilines is 1. The Hall–Kier alpha value is -0.980. The highest BCUT2D eigenvalue weighted by molar-refractivity contribution is 9.10. The molecule has 0 aliphatic heterocycles. The van der Waals surface area contributed by atoms with Gasteiger partial charge in [-0.2, -0.15) is 0 Å². The van der Waals surface area contributed by atoms with Crippen LogP contribution in [-0.4, -0.2) is 15.5 Å². The van der Waals surface area contributed by atoms with E-state index in [9.17, 15) is 8.42 Å². The Morgan fingerprint density at radius 1 is 1.19 bits per heavy atom. The molecule has 0 spiro atoms. The van der Waals surface area contributed by atoms with E-state index in [1.807, 2.05) is 32.0 Å². The fourth-order valence-electron chi connectivity index (χ4n) is 2.06. The lowest BCUT2D eigenvalue weighted by Crippen LogP contribution is -2.26. The van der Waals surface area contributed by atoms with Crippen LogP contribution >= 0.6 is 27.5 Å². The normalized spacial score (nSPS) is 11.7. The number of sulfonamides is 1. The van der Waals surface area contributed by atoms with Gasteiger partial charge in [0, 0.05) is 13.1 Å². The van der Waals surface area contributed by atoms with Crippen LogP contribution in [0.4, 0.5) is 5.69 Å². The summed E-state index contributed by atoms with van der Waals surface area (Å²) in [7, 11) is -2.19. The maximum atomic E-state index is 12.7. The molecule has 0 bridgehead atoms. The van der Waals surface area contributed by atoms with Crippen LogP contribution < -0.4 is 4.31 Å². The summed E-state index contributed by atoms with van der Waals surface area (Å²) in [6.45, 7) is 3.85. The number of benzene rings is 1. The quantitative estimate of drug-likeness (QED) is 0.732. The van der Waals surface area contributed by atoms with E-state index in [4.69, 9.17) is 16.0 Å². The molecule has 0 amide bonds. The zero-order valence-electron chi connectivity index (χ0n) is 11.9. The Kier molecular flexibility index (Phi) is 4.70. The Balaban J connectivity index is 2.49. The number of rotatable bonds is 4. The number of aryl methyl sites for hydroxylation is 2. The average Bonchev–Trinajstić information content (AvgIpc) is 2.78. The summed E-state index contributed by atoms with van der Waals surface area (Å²) in [5.74, 6) is 0.512. The van der Waals surface area contributed by atoms with E-state index in [1.165, 1.54) is 17.4 Å². The summed E-state index contributed by atoms with van der Waals surface area (Å²) in [5, 5.41) is 0. The standard InChI is InChI=1S/C14H15BrClNO3S/c1-9-4-10(2)6-11(5-9)17(3)21(18,19)13-7-12(8-16)20-14(13)15/h4-7H,8H2,1-3H3. The van der Waals surface area contributed by atoms with Gasteiger partial charge in [0.2, 0.25) is 0 Å². The van der Waals surface area contributed by atoms with Crippen LogP contribution in [0.5, 0.6) is 0 Å². The van der Waals surface area contributed by atoms with Gasteiger partial charge >= 0.3 is 0 Å². The van der Waals surface area contributed by atoms with Crippen molar-refractivity contribution in [2.45, 2.75) is 24.6 Å². The maximum Gasteiger partial charge on any atom is 0.268 e. The largest absolute Gasteiger partial charge is 0.452 e. The number of halogens is 2. The highest BCUT2D eigenvalue weighted by Crippen LogP contribution is 2.31. The van der Waals surface area contributed by atoms with Gasteiger partial charge in [0.1, 0.15) is 10.7 Å². The van der Waals surface area contributed by atoms with E-state index in [2.05, 4.69) is 15.9 Å². The molecule has 0 fully saturated rings. The molecular formula is C14H15BrClNO3S. The van der Waals surface area contributed by atoms with Gasteiger partial charge in [-0.3, -0.25) is 4.31 Å². The molecule has 0 aliphatic carbocycles. The van der Waals surface area contributed by atoms with Crippen LogP contribution in [0.25, 0.3) is 0 Å². The molecule has 1 heterocycles. The molecule has 21 heavy (non-hydrogen) atoms. The van der Waals surface area contributed by atoms with Gasteiger partial charge in [-0.15, -0.1) is 11.6 Å². The first-order valence-corrected chi connectivity index (χ1v) is 8.94. The second-order valence-corrected chi connectivity index (χ2v) is 7.73. The Morgan fingerprint density at radius 2 is 1.76 bits per heavy atom. The lowest BCUT2D eigenvalue weighted by atomic mass is 10.1. The van der Waals surface area contributed by atoms with E-state index in [0.717, 1.165) is 11.1 Å². The highest BCUT2D eigenvalue weighted by atomic mass is 79.9. The average molecular weight is 393 g/mol. The van der Waals surface area contributed by atoms with Crippen molar-refractivity contribution in [3.8, 4) is 0 Å². The molecule has 0 radical (unpaired) electrons. The van der Waals surface area contributed by atoms with Crippen molar-refractivity contribution < 1.29 is 12.8 Å². The first-order chi connectivity index (χ1) is 9.75. The van der Waals surface area contributed by atoms with Gasteiger partial charge in [-0.1, -0.05) is 6.07 Å². The summed E-state index contributed by atoms with van der Waals surface area (Å²) in [5.41, 5.74) is 2.60. The molecular weight excluding hydrogens is 378 g/mol. The van der Waals surface area contributed by atoms with Crippen molar-refractivity contribution in [3.63, 3.8) is 0 Å². The number of hydrogen-bond donors (Lipinski definition) is 0. The molecule has 114 valence electrons. The van der Waals surface area contributed by atoms with E-state index >= 15 is 0 Å². The number of furan rings is 1. The highest BCUT2D eigenvalue weighted by Gasteiger charge is 2.27. The van der Waals surface area contributed by atoms with Crippen molar-refractivity contribution in [1.82, 2.24) is 0 Å². The van der Waals surface area contributed by atoms with E-state index in [0.29, 0.717) is 11.4 Å². The van der Waals surface area contributed by atoms with Gasteiger partial charge in [0.05, 0.1) is 11.6 Å². The third-order valence-corrected chi connectivity index (χ3v) is 5.95. The summed E-state index contributed by atoms with van der Waals surface area (Å²) in [6.07, 6.45) is 0. The second-order valence-electron chi connectivity index (χ2n) is 4.80. The molecule has 0 unspecified atom stereocenters. The van der Waals surface area contributed by atoms with E-state index < -0.39 is 10.0 Å².